The lowest BCUT2D eigenvalue weighted by atomic mass is 10.1. The maximum Gasteiger partial charge on any atom is 0.262 e. The van der Waals surface area contributed by atoms with E-state index in [2.05, 4.69) is 10.3 Å². The van der Waals surface area contributed by atoms with Crippen molar-refractivity contribution in [2.75, 3.05) is 5.32 Å². The van der Waals surface area contributed by atoms with Gasteiger partial charge >= 0.3 is 0 Å². The van der Waals surface area contributed by atoms with Crippen molar-refractivity contribution in [1.82, 2.24) is 9.88 Å². The normalized spacial score (nSPS) is 14.6. The van der Waals surface area contributed by atoms with Crippen LogP contribution in [0.5, 0.6) is 0 Å². The Bertz CT molecular complexity index is 781. The molecule has 1 aliphatic heterocycles. The lowest BCUT2D eigenvalue weighted by molar-refractivity contribution is -0.119. The summed E-state index contributed by atoms with van der Waals surface area (Å²) in [6.07, 6.45) is 1.56. The standard InChI is InChI=1S/C17H15N3O3/c1-10-6-5-9-18-14(10)19-15(21)11(2)20-16(22)12-7-3-4-8-13(12)17(20)23/h3-9,11H,1-2H3,(H,18,19,21)/t11-/m0/s1. The number of hydrogen-bond donors (Lipinski definition) is 1. The lowest BCUT2D eigenvalue weighted by Gasteiger charge is -2.21. The summed E-state index contributed by atoms with van der Waals surface area (Å²) in [5.74, 6) is -0.945. The minimum absolute atomic E-state index is 0.325. The maximum atomic E-state index is 12.4. The predicted octanol–water partition coefficient (Wildman–Crippen LogP) is 2.01. The van der Waals surface area contributed by atoms with Crippen molar-refractivity contribution in [2.45, 2.75) is 19.9 Å². The number of nitrogens with one attached hydrogen (secondary N) is 1. The highest BCUT2D eigenvalue weighted by Gasteiger charge is 2.40. The van der Waals surface area contributed by atoms with Gasteiger partial charge in [-0.1, -0.05) is 18.2 Å². The number of carbonyl (C=O) groups excluding carboxylic acids is 3. The number of benzene rings is 1. The van der Waals surface area contributed by atoms with Crippen molar-refractivity contribution in [3.8, 4) is 0 Å². The smallest absolute Gasteiger partial charge is 0.262 e. The van der Waals surface area contributed by atoms with Gasteiger partial charge in [0.1, 0.15) is 11.9 Å². The molecule has 0 saturated carbocycles. The fourth-order valence-electron chi connectivity index (χ4n) is 2.51. The third kappa shape index (κ3) is 2.48. The van der Waals surface area contributed by atoms with Gasteiger partial charge in [0, 0.05) is 6.20 Å². The molecule has 3 amide bonds. The lowest BCUT2D eigenvalue weighted by Crippen LogP contribution is -2.45. The van der Waals surface area contributed by atoms with E-state index in [0.29, 0.717) is 16.9 Å². The van der Waals surface area contributed by atoms with Crippen LogP contribution in [0, 0.1) is 6.92 Å². The monoisotopic (exact) mass is 309 g/mol. The molecule has 0 aliphatic carbocycles. The molecule has 1 aromatic carbocycles. The van der Waals surface area contributed by atoms with Crippen molar-refractivity contribution < 1.29 is 14.4 Å². The molecule has 1 aliphatic rings. The second-order valence-corrected chi connectivity index (χ2v) is 5.36. The van der Waals surface area contributed by atoms with Gasteiger partial charge in [-0.05, 0) is 37.6 Å². The van der Waals surface area contributed by atoms with Gasteiger partial charge in [0.25, 0.3) is 11.8 Å². The van der Waals surface area contributed by atoms with Crippen LogP contribution in [-0.2, 0) is 4.79 Å². The summed E-state index contributed by atoms with van der Waals surface area (Å²) in [4.78, 5) is 42.2. The Hall–Kier alpha value is -3.02. The van der Waals surface area contributed by atoms with Gasteiger partial charge in [-0.15, -0.1) is 0 Å². The van der Waals surface area contributed by atoms with Gasteiger partial charge in [-0.2, -0.15) is 0 Å². The van der Waals surface area contributed by atoms with E-state index >= 15 is 0 Å². The quantitative estimate of drug-likeness (QED) is 0.880. The van der Waals surface area contributed by atoms with E-state index in [0.717, 1.165) is 10.5 Å². The first-order chi connectivity index (χ1) is 11.0. The molecule has 0 spiro atoms. The van der Waals surface area contributed by atoms with Crippen LogP contribution >= 0.6 is 0 Å². The molecule has 0 fully saturated rings. The predicted molar refractivity (Wildman–Crippen MR) is 84.0 cm³/mol. The molecule has 6 nitrogen and oxygen atoms in total. The minimum Gasteiger partial charge on any atom is -0.309 e. The third-order valence-electron chi connectivity index (χ3n) is 3.84. The summed E-state index contributed by atoms with van der Waals surface area (Å²) in [7, 11) is 0. The molecular weight excluding hydrogens is 294 g/mol. The SMILES string of the molecule is Cc1cccnc1NC(=O)[C@H](C)N1C(=O)c2ccccc2C1=O. The number of amides is 3. The van der Waals surface area contributed by atoms with Crippen LogP contribution in [0.4, 0.5) is 5.82 Å². The Labute approximate surface area is 133 Å². The number of hydrogen-bond acceptors (Lipinski definition) is 4. The number of imide groups is 1. The molecule has 0 saturated heterocycles. The van der Waals surface area contributed by atoms with Crippen LogP contribution in [-0.4, -0.2) is 33.6 Å². The molecule has 1 atom stereocenters. The summed E-state index contributed by atoms with van der Waals surface area (Å²) in [5, 5.41) is 2.66. The summed E-state index contributed by atoms with van der Waals surface area (Å²) in [5.41, 5.74) is 1.45. The van der Waals surface area contributed by atoms with Crippen molar-refractivity contribution in [1.29, 1.82) is 0 Å². The van der Waals surface area contributed by atoms with Gasteiger partial charge in [-0.25, -0.2) is 4.98 Å². The Morgan fingerprint density at radius 1 is 1.09 bits per heavy atom. The third-order valence-corrected chi connectivity index (χ3v) is 3.84. The molecule has 1 aromatic heterocycles. The Morgan fingerprint density at radius 2 is 1.70 bits per heavy atom. The fraction of sp³-hybridized carbons (Fsp3) is 0.176. The molecule has 0 bridgehead atoms. The number of carbonyl (C=O) groups is 3. The Kier molecular flexibility index (Phi) is 3.65. The van der Waals surface area contributed by atoms with Gasteiger partial charge < -0.3 is 5.32 Å². The molecule has 3 rings (SSSR count). The van der Waals surface area contributed by atoms with Crippen LogP contribution in [0.15, 0.2) is 42.6 Å². The van der Waals surface area contributed by atoms with Crippen LogP contribution in [0.3, 0.4) is 0 Å². The molecular formula is C17H15N3O3. The molecule has 23 heavy (non-hydrogen) atoms. The summed E-state index contributed by atoms with van der Waals surface area (Å²) >= 11 is 0. The molecule has 0 radical (unpaired) electrons. The number of rotatable bonds is 3. The maximum absolute atomic E-state index is 12.4. The van der Waals surface area contributed by atoms with Crippen molar-refractivity contribution in [3.63, 3.8) is 0 Å². The number of pyridine rings is 1. The van der Waals surface area contributed by atoms with Crippen molar-refractivity contribution in [3.05, 3.63) is 59.3 Å². The van der Waals surface area contributed by atoms with Crippen LogP contribution in [0.25, 0.3) is 0 Å². The molecule has 2 aromatic rings. The summed E-state index contributed by atoms with van der Waals surface area (Å²) in [6.45, 7) is 3.34. The number of nitrogens with zero attached hydrogens (tertiary/aromatic N) is 2. The van der Waals surface area contributed by atoms with Gasteiger partial charge in [0.2, 0.25) is 5.91 Å². The molecule has 6 heteroatoms. The first-order valence-corrected chi connectivity index (χ1v) is 7.20. The number of fused-ring (bicyclic) bond motifs is 1. The highest BCUT2D eigenvalue weighted by atomic mass is 16.2. The second kappa shape index (κ2) is 5.64. The van der Waals surface area contributed by atoms with E-state index in [1.165, 1.54) is 6.92 Å². The zero-order valence-corrected chi connectivity index (χ0v) is 12.7. The van der Waals surface area contributed by atoms with Crippen LogP contribution in [0.1, 0.15) is 33.2 Å². The first kappa shape index (κ1) is 14.9. The van der Waals surface area contributed by atoms with Crippen LogP contribution < -0.4 is 5.32 Å². The van der Waals surface area contributed by atoms with Gasteiger partial charge in [0.05, 0.1) is 11.1 Å². The Morgan fingerprint density at radius 3 is 2.26 bits per heavy atom. The summed E-state index contributed by atoms with van der Waals surface area (Å²) in [6, 6.07) is 9.20. The highest BCUT2D eigenvalue weighted by molar-refractivity contribution is 6.23. The van der Waals surface area contributed by atoms with Gasteiger partial charge in [-0.3, -0.25) is 19.3 Å². The van der Waals surface area contributed by atoms with E-state index < -0.39 is 23.8 Å². The van der Waals surface area contributed by atoms with Gasteiger partial charge in [0.15, 0.2) is 0 Å². The molecule has 2 heterocycles. The van der Waals surface area contributed by atoms with Crippen molar-refractivity contribution in [2.24, 2.45) is 0 Å². The molecule has 116 valence electrons. The van der Waals surface area contributed by atoms with Crippen LogP contribution in [0.2, 0.25) is 0 Å². The zero-order valence-electron chi connectivity index (χ0n) is 12.7. The average Bonchev–Trinajstić information content (AvgIpc) is 2.81. The molecule has 0 unspecified atom stereocenters. The number of aromatic nitrogens is 1. The summed E-state index contributed by atoms with van der Waals surface area (Å²) < 4.78 is 0. The van der Waals surface area contributed by atoms with E-state index in [1.54, 1.807) is 36.5 Å². The minimum atomic E-state index is -0.927. The van der Waals surface area contributed by atoms with E-state index in [-0.39, 0.29) is 0 Å². The molecule has 1 N–H and O–H groups in total. The number of aryl methyl sites for hydroxylation is 1. The Balaban J connectivity index is 1.83. The largest absolute Gasteiger partial charge is 0.309 e. The van der Waals surface area contributed by atoms with E-state index in [4.69, 9.17) is 0 Å². The highest BCUT2D eigenvalue weighted by Crippen LogP contribution is 2.25. The zero-order chi connectivity index (χ0) is 16.6. The fourth-order valence-corrected chi connectivity index (χ4v) is 2.51. The average molecular weight is 309 g/mol. The number of anilines is 1. The van der Waals surface area contributed by atoms with E-state index in [9.17, 15) is 14.4 Å². The van der Waals surface area contributed by atoms with E-state index in [1.807, 2.05) is 13.0 Å². The first-order valence-electron chi connectivity index (χ1n) is 7.20. The topological polar surface area (TPSA) is 79.4 Å². The van der Waals surface area contributed by atoms with Crippen molar-refractivity contribution >= 4 is 23.5 Å². The second-order valence-electron chi connectivity index (χ2n) is 5.36.